The second kappa shape index (κ2) is 5.48. The van der Waals surface area contributed by atoms with Crippen LogP contribution in [-0.4, -0.2) is 9.97 Å². The lowest BCUT2D eigenvalue weighted by Crippen LogP contribution is -2.16. The highest BCUT2D eigenvalue weighted by Gasteiger charge is 2.19. The maximum absolute atomic E-state index is 13.1. The Morgan fingerprint density at radius 2 is 1.85 bits per heavy atom. The standard InChI is InChI=1S/C15H16BrFN2O/c1-9-7-10(17)5-6-11(9)20-13-8-12(16)18-14(19-13)15(2,3)4/h5-8H,1-4H3. The van der Waals surface area contributed by atoms with Crippen molar-refractivity contribution < 1.29 is 9.13 Å². The third-order valence-corrected chi connectivity index (χ3v) is 3.10. The van der Waals surface area contributed by atoms with Gasteiger partial charge in [0.05, 0.1) is 0 Å². The number of hydrogen-bond donors (Lipinski definition) is 0. The number of aromatic nitrogens is 2. The first-order chi connectivity index (χ1) is 9.25. The summed E-state index contributed by atoms with van der Waals surface area (Å²) in [6.45, 7) is 7.88. The number of aryl methyl sites for hydroxylation is 1. The molecule has 0 aliphatic carbocycles. The van der Waals surface area contributed by atoms with Crippen molar-refractivity contribution in [2.45, 2.75) is 33.1 Å². The van der Waals surface area contributed by atoms with Gasteiger partial charge in [-0.3, -0.25) is 0 Å². The zero-order valence-electron chi connectivity index (χ0n) is 11.9. The van der Waals surface area contributed by atoms with Gasteiger partial charge in [0, 0.05) is 11.5 Å². The van der Waals surface area contributed by atoms with Crippen LogP contribution in [0.2, 0.25) is 0 Å². The van der Waals surface area contributed by atoms with Crippen LogP contribution in [-0.2, 0) is 5.41 Å². The van der Waals surface area contributed by atoms with Gasteiger partial charge in [0.25, 0.3) is 0 Å². The maximum Gasteiger partial charge on any atom is 0.223 e. The first-order valence-corrected chi connectivity index (χ1v) is 7.04. The largest absolute Gasteiger partial charge is 0.439 e. The van der Waals surface area contributed by atoms with Crippen LogP contribution >= 0.6 is 15.9 Å². The summed E-state index contributed by atoms with van der Waals surface area (Å²) in [6.07, 6.45) is 0. The lowest BCUT2D eigenvalue weighted by Gasteiger charge is -2.17. The van der Waals surface area contributed by atoms with Crippen LogP contribution < -0.4 is 4.74 Å². The van der Waals surface area contributed by atoms with E-state index in [1.165, 1.54) is 12.1 Å². The summed E-state index contributed by atoms with van der Waals surface area (Å²) in [5.74, 6) is 1.42. The van der Waals surface area contributed by atoms with Gasteiger partial charge in [-0.15, -0.1) is 0 Å². The van der Waals surface area contributed by atoms with Gasteiger partial charge in [-0.1, -0.05) is 20.8 Å². The highest BCUT2D eigenvalue weighted by atomic mass is 79.9. The van der Waals surface area contributed by atoms with Crippen molar-refractivity contribution in [1.29, 1.82) is 0 Å². The van der Waals surface area contributed by atoms with E-state index in [1.54, 1.807) is 19.1 Å². The first-order valence-electron chi connectivity index (χ1n) is 6.25. The number of benzene rings is 1. The summed E-state index contributed by atoms with van der Waals surface area (Å²) in [6, 6.07) is 6.08. The van der Waals surface area contributed by atoms with Crippen LogP contribution in [0.25, 0.3) is 0 Å². The molecule has 2 rings (SSSR count). The van der Waals surface area contributed by atoms with E-state index in [0.717, 1.165) is 5.56 Å². The van der Waals surface area contributed by atoms with Gasteiger partial charge >= 0.3 is 0 Å². The fourth-order valence-electron chi connectivity index (χ4n) is 1.62. The minimum absolute atomic E-state index is 0.181. The van der Waals surface area contributed by atoms with Gasteiger partial charge < -0.3 is 4.74 Å². The van der Waals surface area contributed by atoms with Crippen LogP contribution in [0.15, 0.2) is 28.9 Å². The van der Waals surface area contributed by atoms with Crippen molar-refractivity contribution in [3.8, 4) is 11.6 Å². The lowest BCUT2D eigenvalue weighted by molar-refractivity contribution is 0.440. The molecule has 0 aliphatic heterocycles. The molecule has 1 aromatic carbocycles. The summed E-state index contributed by atoms with van der Waals surface area (Å²) in [5.41, 5.74) is 0.539. The molecule has 5 heteroatoms. The van der Waals surface area contributed by atoms with Crippen LogP contribution in [0.3, 0.4) is 0 Å². The third kappa shape index (κ3) is 3.54. The Balaban J connectivity index is 2.36. The molecule has 0 saturated heterocycles. The van der Waals surface area contributed by atoms with E-state index in [-0.39, 0.29) is 11.2 Å². The molecule has 0 unspecified atom stereocenters. The Kier molecular flexibility index (Phi) is 4.09. The fraction of sp³-hybridized carbons (Fsp3) is 0.333. The van der Waals surface area contributed by atoms with Crippen LogP contribution in [0.4, 0.5) is 4.39 Å². The van der Waals surface area contributed by atoms with Crippen LogP contribution in [0, 0.1) is 12.7 Å². The normalized spacial score (nSPS) is 11.5. The molecule has 0 N–H and O–H groups in total. The van der Waals surface area contributed by atoms with E-state index < -0.39 is 0 Å². The van der Waals surface area contributed by atoms with E-state index >= 15 is 0 Å². The first kappa shape index (κ1) is 14.9. The number of ether oxygens (including phenoxy) is 1. The number of halogens is 2. The minimum Gasteiger partial charge on any atom is -0.439 e. The maximum atomic E-state index is 13.1. The van der Waals surface area contributed by atoms with Crippen molar-refractivity contribution in [1.82, 2.24) is 9.97 Å². The Bertz CT molecular complexity index is 638. The number of nitrogens with zero attached hydrogens (tertiary/aromatic N) is 2. The predicted octanol–water partition coefficient (Wildman–Crippen LogP) is 4.78. The summed E-state index contributed by atoms with van der Waals surface area (Å²) in [5, 5.41) is 0. The van der Waals surface area contributed by atoms with Crippen molar-refractivity contribution >= 4 is 15.9 Å². The molecule has 3 nitrogen and oxygen atoms in total. The van der Waals surface area contributed by atoms with E-state index in [1.807, 2.05) is 20.8 Å². The molecule has 1 aromatic heterocycles. The molecule has 0 fully saturated rings. The molecule has 0 bridgehead atoms. The van der Waals surface area contributed by atoms with Crippen LogP contribution in [0.1, 0.15) is 32.2 Å². The lowest BCUT2D eigenvalue weighted by atomic mass is 9.96. The van der Waals surface area contributed by atoms with E-state index in [0.29, 0.717) is 22.1 Å². The quantitative estimate of drug-likeness (QED) is 0.739. The van der Waals surface area contributed by atoms with E-state index in [9.17, 15) is 4.39 Å². The molecule has 0 saturated carbocycles. The summed E-state index contributed by atoms with van der Waals surface area (Å²) in [4.78, 5) is 8.76. The van der Waals surface area contributed by atoms with Gasteiger partial charge in [-0.25, -0.2) is 9.37 Å². The van der Waals surface area contributed by atoms with Crippen molar-refractivity contribution in [2.75, 3.05) is 0 Å². The summed E-state index contributed by atoms with van der Waals surface area (Å²) < 4.78 is 19.5. The molecule has 0 amide bonds. The van der Waals surface area contributed by atoms with Crippen LogP contribution in [0.5, 0.6) is 11.6 Å². The molecular formula is C15H16BrFN2O. The molecule has 20 heavy (non-hydrogen) atoms. The molecular weight excluding hydrogens is 323 g/mol. The van der Waals surface area contributed by atoms with Crippen molar-refractivity contribution in [3.05, 3.63) is 46.1 Å². The molecule has 106 valence electrons. The second-order valence-electron chi connectivity index (χ2n) is 5.61. The van der Waals surface area contributed by atoms with E-state index in [4.69, 9.17) is 4.74 Å². The Morgan fingerprint density at radius 3 is 2.45 bits per heavy atom. The second-order valence-corrected chi connectivity index (χ2v) is 6.43. The Labute approximate surface area is 126 Å². The number of hydrogen-bond acceptors (Lipinski definition) is 3. The fourth-order valence-corrected chi connectivity index (χ4v) is 1.99. The average molecular weight is 339 g/mol. The van der Waals surface area contributed by atoms with E-state index in [2.05, 4.69) is 25.9 Å². The third-order valence-electron chi connectivity index (χ3n) is 2.69. The molecule has 1 heterocycles. The minimum atomic E-state index is -0.283. The average Bonchev–Trinajstić information content (AvgIpc) is 2.31. The SMILES string of the molecule is Cc1cc(F)ccc1Oc1cc(Br)nc(C(C)(C)C)n1. The van der Waals surface area contributed by atoms with Gasteiger partial charge in [0.15, 0.2) is 0 Å². The highest BCUT2D eigenvalue weighted by molar-refractivity contribution is 9.10. The summed E-state index contributed by atoms with van der Waals surface area (Å²) in [7, 11) is 0. The molecule has 0 atom stereocenters. The topological polar surface area (TPSA) is 35.0 Å². The highest BCUT2D eigenvalue weighted by Crippen LogP contribution is 2.28. The molecule has 0 spiro atoms. The monoisotopic (exact) mass is 338 g/mol. The Hall–Kier alpha value is -1.49. The molecule has 0 aliphatic rings. The summed E-state index contributed by atoms with van der Waals surface area (Å²) >= 11 is 3.36. The predicted molar refractivity (Wildman–Crippen MR) is 79.6 cm³/mol. The zero-order valence-corrected chi connectivity index (χ0v) is 13.5. The van der Waals surface area contributed by atoms with Gasteiger partial charge in [0.1, 0.15) is 22.0 Å². The van der Waals surface area contributed by atoms with Gasteiger partial charge in [-0.2, -0.15) is 4.98 Å². The van der Waals surface area contributed by atoms with Crippen molar-refractivity contribution in [3.63, 3.8) is 0 Å². The Morgan fingerprint density at radius 1 is 1.15 bits per heavy atom. The molecule has 0 radical (unpaired) electrons. The number of rotatable bonds is 2. The zero-order chi connectivity index (χ0) is 14.9. The van der Waals surface area contributed by atoms with Gasteiger partial charge in [0.2, 0.25) is 5.88 Å². The molecule has 2 aromatic rings. The van der Waals surface area contributed by atoms with Crippen molar-refractivity contribution in [2.24, 2.45) is 0 Å². The van der Waals surface area contributed by atoms with Gasteiger partial charge in [-0.05, 0) is 46.6 Å². The smallest absolute Gasteiger partial charge is 0.223 e.